The number of amides is 2. The van der Waals surface area contributed by atoms with Crippen LogP contribution in [0.1, 0.15) is 30.6 Å². The number of thioether (sulfide) groups is 1. The minimum atomic E-state index is -1.22. The molecule has 4 rings (SSSR count). The van der Waals surface area contributed by atoms with Crippen molar-refractivity contribution < 1.29 is 39.6 Å². The molecule has 200 valence electrons. The van der Waals surface area contributed by atoms with Gasteiger partial charge in [0.05, 0.1) is 30.7 Å². The molecule has 2 saturated heterocycles. The van der Waals surface area contributed by atoms with Crippen molar-refractivity contribution in [2.24, 2.45) is 11.8 Å². The molecule has 3 aliphatic rings. The summed E-state index contributed by atoms with van der Waals surface area (Å²) in [5.41, 5.74) is 0.115. The van der Waals surface area contributed by atoms with E-state index in [0.29, 0.717) is 17.9 Å². The van der Waals surface area contributed by atoms with E-state index in [1.807, 2.05) is 6.92 Å². The van der Waals surface area contributed by atoms with E-state index < -0.39 is 41.7 Å². The summed E-state index contributed by atoms with van der Waals surface area (Å²) < 4.78 is 0. The van der Waals surface area contributed by atoms with E-state index in [2.05, 4.69) is 0 Å². The molecule has 1 aromatic rings. The minimum absolute atomic E-state index is 0.0750. The van der Waals surface area contributed by atoms with Crippen LogP contribution < -0.4 is 0 Å². The number of aromatic hydroxyl groups is 2. The van der Waals surface area contributed by atoms with E-state index in [0.717, 1.165) is 0 Å². The lowest BCUT2D eigenvalue weighted by Gasteiger charge is -2.46. The number of fused-ring (bicyclic) bond motifs is 1. The summed E-state index contributed by atoms with van der Waals surface area (Å²) in [6, 6.07) is 2.75. The van der Waals surface area contributed by atoms with Gasteiger partial charge in [-0.3, -0.25) is 19.3 Å². The molecule has 0 bridgehead atoms. The molecule has 3 aliphatic heterocycles. The molecule has 0 radical (unpaired) electrons. The predicted octanol–water partition coefficient (Wildman–Crippen LogP) is 0.699. The van der Waals surface area contributed by atoms with Gasteiger partial charge in [-0.15, -0.1) is 11.8 Å². The molecule has 6 atom stereocenters. The zero-order valence-corrected chi connectivity index (χ0v) is 21.8. The molecule has 12 heteroatoms. The third-order valence-corrected chi connectivity index (χ3v) is 8.83. The van der Waals surface area contributed by atoms with E-state index in [9.17, 15) is 39.6 Å². The van der Waals surface area contributed by atoms with Gasteiger partial charge in [0.1, 0.15) is 5.70 Å². The number of likely N-dealkylation sites (N-methyl/N-ethyl adjacent to an activating group) is 1. The highest BCUT2D eigenvalue weighted by atomic mass is 32.2. The molecule has 0 unspecified atom stereocenters. The normalized spacial score (nSPS) is 28.2. The van der Waals surface area contributed by atoms with Crippen LogP contribution in [0.2, 0.25) is 0 Å². The number of carboxylic acid groups (broad SMARTS) is 1. The average molecular weight is 534 g/mol. The number of phenols is 2. The summed E-state index contributed by atoms with van der Waals surface area (Å²) in [4.78, 5) is 55.7. The number of β-lactam (4-membered cyclic amide) rings is 1. The first-order valence-electron chi connectivity index (χ1n) is 12.0. The molecule has 0 aliphatic carbocycles. The van der Waals surface area contributed by atoms with Crippen molar-refractivity contribution in [3.63, 3.8) is 0 Å². The summed E-state index contributed by atoms with van der Waals surface area (Å²) in [7, 11) is 3.25. The number of likely N-dealkylation sites (tertiary alicyclic amines) is 1. The monoisotopic (exact) mass is 533 g/mol. The molecule has 2 fully saturated rings. The van der Waals surface area contributed by atoms with Gasteiger partial charge in [0.15, 0.2) is 17.3 Å². The molecule has 2 amide bonds. The van der Waals surface area contributed by atoms with E-state index in [1.54, 1.807) is 19.0 Å². The van der Waals surface area contributed by atoms with Crippen LogP contribution in [-0.4, -0.2) is 109 Å². The number of hydrogen-bond donors (Lipinski definition) is 4. The standard InChI is InChI=1S/C25H31N3O8S/c1-11-20-19(12(2)29)24(34)28(20)21(25(35)36)22(11)37-14-8-15(23(33)26(3)4)27(9-14)10-18(32)13-5-6-16(30)17(31)7-13/h5-7,11-12,14-15,19-20,29-31H,8-10H2,1-4H3,(H,35,36)/t11-,12-,14+,15+,19-,20-/m1/s1. The Kier molecular flexibility index (Phi) is 7.28. The van der Waals surface area contributed by atoms with Crippen molar-refractivity contribution in [2.75, 3.05) is 27.2 Å². The first kappa shape index (κ1) is 27.0. The summed E-state index contributed by atoms with van der Waals surface area (Å²) >= 11 is 1.31. The highest BCUT2D eigenvalue weighted by Crippen LogP contribution is 2.52. The van der Waals surface area contributed by atoms with Crippen LogP contribution >= 0.6 is 11.8 Å². The predicted molar refractivity (Wildman–Crippen MR) is 134 cm³/mol. The Morgan fingerprint density at radius 2 is 1.86 bits per heavy atom. The number of phenolic OH excluding ortho intramolecular Hbond substituents is 2. The number of aliphatic hydroxyl groups excluding tert-OH is 1. The Morgan fingerprint density at radius 1 is 1.19 bits per heavy atom. The molecule has 11 nitrogen and oxygen atoms in total. The number of aliphatic hydroxyl groups is 1. The molecule has 0 aromatic heterocycles. The molecule has 0 saturated carbocycles. The smallest absolute Gasteiger partial charge is 0.353 e. The average Bonchev–Trinajstić information content (AvgIpc) is 3.31. The zero-order valence-electron chi connectivity index (χ0n) is 21.0. The Balaban J connectivity index is 1.56. The topological polar surface area (TPSA) is 159 Å². The van der Waals surface area contributed by atoms with Gasteiger partial charge >= 0.3 is 5.97 Å². The summed E-state index contributed by atoms with van der Waals surface area (Å²) in [6.45, 7) is 3.58. The van der Waals surface area contributed by atoms with Gasteiger partial charge in [0.25, 0.3) is 0 Å². The van der Waals surface area contributed by atoms with Crippen LogP contribution in [-0.2, 0) is 14.4 Å². The van der Waals surface area contributed by atoms with Crippen molar-refractivity contribution in [3.05, 3.63) is 34.4 Å². The number of aliphatic carboxylic acids is 1. The fourth-order valence-corrected chi connectivity index (χ4v) is 7.06. The molecule has 1 aromatic carbocycles. The highest BCUT2D eigenvalue weighted by molar-refractivity contribution is 8.03. The number of carboxylic acids is 1. The van der Waals surface area contributed by atoms with Crippen molar-refractivity contribution in [2.45, 2.75) is 43.7 Å². The summed E-state index contributed by atoms with van der Waals surface area (Å²) in [5.74, 6) is -3.87. The second-order valence-corrected chi connectivity index (χ2v) is 11.4. The maximum atomic E-state index is 13.0. The first-order chi connectivity index (χ1) is 17.3. The Morgan fingerprint density at radius 3 is 2.43 bits per heavy atom. The minimum Gasteiger partial charge on any atom is -0.504 e. The van der Waals surface area contributed by atoms with E-state index >= 15 is 0 Å². The van der Waals surface area contributed by atoms with Gasteiger partial charge in [-0.25, -0.2) is 4.79 Å². The lowest BCUT2D eigenvalue weighted by molar-refractivity contribution is -0.163. The number of benzene rings is 1. The molecule has 37 heavy (non-hydrogen) atoms. The fourth-order valence-electron chi connectivity index (χ4n) is 5.51. The van der Waals surface area contributed by atoms with Crippen molar-refractivity contribution in [3.8, 4) is 11.5 Å². The molecule has 3 heterocycles. The number of Topliss-reactive ketones (excluding diaryl/α,β-unsaturated/α-hetero) is 1. The van der Waals surface area contributed by atoms with Crippen LogP contribution in [0.15, 0.2) is 28.8 Å². The third kappa shape index (κ3) is 4.69. The lowest BCUT2D eigenvalue weighted by Crippen LogP contribution is -2.63. The second-order valence-electron chi connectivity index (χ2n) is 10.1. The van der Waals surface area contributed by atoms with E-state index in [1.165, 1.54) is 46.7 Å². The SMILES string of the molecule is C[C@@H](O)[C@H]1C(=O)N2C(C(=O)O)=C(S[C@H]3C[C@@H](C(=O)N(C)C)N(CC(=O)c4ccc(O)c(O)c4)C3)[C@H](C)[C@H]12. The lowest BCUT2D eigenvalue weighted by atomic mass is 9.79. The van der Waals surface area contributed by atoms with Gasteiger partial charge in [-0.1, -0.05) is 6.92 Å². The third-order valence-electron chi connectivity index (χ3n) is 7.34. The van der Waals surface area contributed by atoms with Gasteiger partial charge < -0.3 is 30.2 Å². The Hall–Kier alpha value is -3.09. The fraction of sp³-hybridized carbons (Fsp3) is 0.520. The van der Waals surface area contributed by atoms with Gasteiger partial charge in [-0.2, -0.15) is 0 Å². The molecule has 0 spiro atoms. The highest BCUT2D eigenvalue weighted by Gasteiger charge is 2.60. The zero-order chi connectivity index (χ0) is 27.3. The first-order valence-corrected chi connectivity index (χ1v) is 12.9. The molecular weight excluding hydrogens is 502 g/mol. The van der Waals surface area contributed by atoms with Crippen LogP contribution in [0.3, 0.4) is 0 Å². The van der Waals surface area contributed by atoms with Crippen molar-refractivity contribution in [1.29, 1.82) is 0 Å². The van der Waals surface area contributed by atoms with Crippen LogP contribution in [0, 0.1) is 11.8 Å². The number of carbonyl (C=O) groups excluding carboxylic acids is 3. The second kappa shape index (κ2) is 9.99. The van der Waals surface area contributed by atoms with Crippen molar-refractivity contribution in [1.82, 2.24) is 14.7 Å². The van der Waals surface area contributed by atoms with Gasteiger partial charge in [0, 0.05) is 42.3 Å². The number of nitrogens with zero attached hydrogens (tertiary/aromatic N) is 3. The Bertz CT molecular complexity index is 1180. The maximum Gasteiger partial charge on any atom is 0.353 e. The molecule has 4 N–H and O–H groups in total. The van der Waals surface area contributed by atoms with Crippen molar-refractivity contribution >= 4 is 35.3 Å². The van der Waals surface area contributed by atoms with E-state index in [-0.39, 0.29) is 46.4 Å². The van der Waals surface area contributed by atoms with Gasteiger partial charge in [0.2, 0.25) is 11.8 Å². The molecular formula is C25H31N3O8S. The summed E-state index contributed by atoms with van der Waals surface area (Å²) in [5, 5.41) is 39.0. The Labute approximate surface area is 218 Å². The van der Waals surface area contributed by atoms with Gasteiger partial charge in [-0.05, 0) is 31.5 Å². The summed E-state index contributed by atoms with van der Waals surface area (Å²) in [6.07, 6.45) is -0.526. The quantitative estimate of drug-likeness (QED) is 0.213. The van der Waals surface area contributed by atoms with Crippen LogP contribution in [0.5, 0.6) is 11.5 Å². The van der Waals surface area contributed by atoms with Crippen LogP contribution in [0.25, 0.3) is 0 Å². The van der Waals surface area contributed by atoms with E-state index in [4.69, 9.17) is 0 Å². The number of carbonyl (C=O) groups is 4. The number of rotatable bonds is 8. The van der Waals surface area contributed by atoms with Crippen LogP contribution in [0.4, 0.5) is 0 Å². The number of hydrogen-bond acceptors (Lipinski definition) is 9. The maximum absolute atomic E-state index is 13.0. The largest absolute Gasteiger partial charge is 0.504 e. The number of ketones is 1.